The predicted molar refractivity (Wildman–Crippen MR) is 35.8 cm³/mol. The predicted octanol–water partition coefficient (Wildman–Crippen LogP) is -0.293. The van der Waals surface area contributed by atoms with Crippen LogP contribution in [0.25, 0.3) is 0 Å². The quantitative estimate of drug-likeness (QED) is 0.605. The lowest BCUT2D eigenvalue weighted by Crippen LogP contribution is -1.85. The summed E-state index contributed by atoms with van der Waals surface area (Å²) in [5, 5.41) is 15.2. The number of aliphatic hydroxyl groups excluding tert-OH is 2. The Morgan fingerprint density at radius 1 is 1.09 bits per heavy atom. The first-order valence-corrected chi connectivity index (χ1v) is 3.02. The van der Waals surface area contributed by atoms with Crippen molar-refractivity contribution in [3.8, 4) is 0 Å². The molecule has 0 aromatic carbocycles. The normalized spacial score (nSPS) is 9.09. The SMILES string of the molecule is COC.OCCO.o1c2oc1=2. The molecule has 0 atom stereocenters. The fraction of sp³-hybridized carbons (Fsp3) is 0.667. The number of hydrogen-bond acceptors (Lipinski definition) is 5. The molecule has 0 bridgehead atoms. The van der Waals surface area contributed by atoms with E-state index in [9.17, 15) is 0 Å². The van der Waals surface area contributed by atoms with E-state index in [0.717, 1.165) is 11.2 Å². The Kier molecular flexibility index (Phi) is 5.54. The molecule has 2 aliphatic heterocycles. The van der Waals surface area contributed by atoms with E-state index in [-0.39, 0.29) is 13.2 Å². The van der Waals surface area contributed by atoms with Crippen molar-refractivity contribution in [2.75, 3.05) is 27.4 Å². The molecule has 0 aromatic rings. The maximum Gasteiger partial charge on any atom is 0.381 e. The van der Waals surface area contributed by atoms with Crippen molar-refractivity contribution < 1.29 is 23.8 Å². The van der Waals surface area contributed by atoms with Crippen molar-refractivity contribution in [1.82, 2.24) is 0 Å². The molecule has 0 saturated heterocycles. The van der Waals surface area contributed by atoms with Gasteiger partial charge in [0.25, 0.3) is 0 Å². The number of methoxy groups -OCH3 is 1. The Hall–Kier alpha value is -0.780. The summed E-state index contributed by atoms with van der Waals surface area (Å²) in [6.45, 7) is -0.250. The Balaban J connectivity index is 0.000000139. The third-order valence-corrected chi connectivity index (χ3v) is 0.554. The first-order chi connectivity index (χ1) is 5.29. The fourth-order valence-electron chi connectivity index (χ4n) is 0.125. The lowest BCUT2D eigenvalue weighted by Gasteiger charge is -1.70. The summed E-state index contributed by atoms with van der Waals surface area (Å²) in [6, 6.07) is 0. The molecule has 11 heavy (non-hydrogen) atoms. The molecule has 0 aliphatic carbocycles. The van der Waals surface area contributed by atoms with Crippen molar-refractivity contribution in [3.05, 3.63) is 11.2 Å². The van der Waals surface area contributed by atoms with Crippen LogP contribution in [0.4, 0.5) is 0 Å². The van der Waals surface area contributed by atoms with Gasteiger partial charge in [-0.15, -0.1) is 0 Å². The van der Waals surface area contributed by atoms with Crippen LogP contribution in [-0.4, -0.2) is 37.6 Å². The van der Waals surface area contributed by atoms with Crippen LogP contribution in [0.3, 0.4) is 0 Å². The van der Waals surface area contributed by atoms with Gasteiger partial charge in [-0.3, -0.25) is 0 Å². The lowest BCUT2D eigenvalue weighted by molar-refractivity contribution is 0.186. The lowest BCUT2D eigenvalue weighted by atomic mass is 10.8. The fourth-order valence-corrected chi connectivity index (χ4v) is 0.125. The van der Waals surface area contributed by atoms with Crippen LogP contribution in [0, 0.1) is 11.2 Å². The molecule has 2 N–H and O–H groups in total. The smallest absolute Gasteiger partial charge is 0.381 e. The standard InChI is InChI=1S/C2O2.C2H6O2.C2H6O/c3-1-2(3)4-1;3-1-2-4;1-3-2/h;3-4H,1-2H2;1-2H3. The van der Waals surface area contributed by atoms with Crippen molar-refractivity contribution in [2.45, 2.75) is 0 Å². The molecule has 0 radical (unpaired) electrons. The van der Waals surface area contributed by atoms with Crippen LogP contribution < -0.4 is 0 Å². The Morgan fingerprint density at radius 2 is 1.27 bits per heavy atom. The van der Waals surface area contributed by atoms with Crippen molar-refractivity contribution in [1.29, 1.82) is 0 Å². The van der Waals surface area contributed by atoms with Gasteiger partial charge < -0.3 is 23.8 Å². The van der Waals surface area contributed by atoms with Crippen LogP contribution in [0.15, 0.2) is 8.83 Å². The average molecular weight is 164 g/mol. The van der Waals surface area contributed by atoms with Crippen LogP contribution in [0.5, 0.6) is 0 Å². The highest BCUT2D eigenvalue weighted by molar-refractivity contribution is 4.69. The minimum absolute atomic E-state index is 0.125. The molecular weight excluding hydrogens is 152 g/mol. The van der Waals surface area contributed by atoms with Gasteiger partial charge >= 0.3 is 11.2 Å². The Morgan fingerprint density at radius 3 is 1.27 bits per heavy atom. The van der Waals surface area contributed by atoms with E-state index < -0.39 is 0 Å². The minimum Gasteiger partial charge on any atom is -0.394 e. The summed E-state index contributed by atoms with van der Waals surface area (Å²) in [6.07, 6.45) is 0. The van der Waals surface area contributed by atoms with Crippen LogP contribution in [-0.2, 0) is 4.74 Å². The van der Waals surface area contributed by atoms with E-state index in [0.29, 0.717) is 0 Å². The number of hydrogen-bond donors (Lipinski definition) is 2. The van der Waals surface area contributed by atoms with Gasteiger partial charge in [0.2, 0.25) is 0 Å². The summed E-state index contributed by atoms with van der Waals surface area (Å²) in [7, 11) is 3.25. The molecule has 0 spiro atoms. The molecule has 2 heterocycles. The van der Waals surface area contributed by atoms with Gasteiger partial charge in [-0.25, -0.2) is 0 Å². The topological polar surface area (TPSA) is 76.0 Å². The molecule has 5 nitrogen and oxygen atoms in total. The third-order valence-electron chi connectivity index (χ3n) is 0.554. The molecule has 0 saturated carbocycles. The summed E-state index contributed by atoms with van der Waals surface area (Å²) in [4.78, 5) is 0. The highest BCUT2D eigenvalue weighted by atomic mass is 16.7. The highest BCUT2D eigenvalue weighted by Gasteiger charge is 2.14. The largest absolute Gasteiger partial charge is 0.394 e. The first kappa shape index (κ1) is 10.2. The number of rotatable bonds is 1. The van der Waals surface area contributed by atoms with Gasteiger partial charge in [-0.2, -0.15) is 0 Å². The monoisotopic (exact) mass is 164 g/mol. The van der Waals surface area contributed by atoms with Crippen LogP contribution in [0.2, 0.25) is 0 Å². The van der Waals surface area contributed by atoms with Gasteiger partial charge in [0.15, 0.2) is 0 Å². The molecular formula is C6H12O5. The molecule has 2 rings (SSSR count). The van der Waals surface area contributed by atoms with Gasteiger partial charge in [0, 0.05) is 14.2 Å². The van der Waals surface area contributed by atoms with E-state index in [1.807, 2.05) is 0 Å². The summed E-state index contributed by atoms with van der Waals surface area (Å²) >= 11 is 0. The second kappa shape index (κ2) is 5.96. The third kappa shape index (κ3) is 7.11. The maximum atomic E-state index is 7.62. The maximum absolute atomic E-state index is 7.62. The minimum atomic E-state index is -0.125. The molecule has 5 heteroatoms. The van der Waals surface area contributed by atoms with E-state index in [4.69, 9.17) is 10.2 Å². The first-order valence-electron chi connectivity index (χ1n) is 3.02. The zero-order chi connectivity index (χ0) is 8.69. The summed E-state index contributed by atoms with van der Waals surface area (Å²) in [5.74, 6) is 0. The molecule has 2 aliphatic rings. The molecule has 66 valence electrons. The zero-order valence-electron chi connectivity index (χ0n) is 6.53. The van der Waals surface area contributed by atoms with Crippen molar-refractivity contribution in [3.63, 3.8) is 0 Å². The number of ether oxygens (including phenoxy) is 1. The highest BCUT2D eigenvalue weighted by Crippen LogP contribution is 2.14. The Labute approximate surface area is 63.5 Å². The zero-order valence-corrected chi connectivity index (χ0v) is 6.53. The average Bonchev–Trinajstić information content (AvgIpc) is 2.75. The van der Waals surface area contributed by atoms with Gasteiger partial charge in [0.1, 0.15) is 0 Å². The van der Waals surface area contributed by atoms with E-state index in [1.54, 1.807) is 14.2 Å². The molecule has 0 amide bonds. The van der Waals surface area contributed by atoms with E-state index >= 15 is 0 Å². The van der Waals surface area contributed by atoms with E-state index in [2.05, 4.69) is 13.6 Å². The number of aliphatic hydroxyl groups is 2. The molecule has 0 unspecified atom stereocenters. The Bertz CT molecular complexity index is 196. The van der Waals surface area contributed by atoms with Crippen molar-refractivity contribution in [2.24, 2.45) is 0 Å². The second-order valence-corrected chi connectivity index (χ2v) is 1.63. The van der Waals surface area contributed by atoms with E-state index in [1.165, 1.54) is 0 Å². The van der Waals surface area contributed by atoms with Crippen LogP contribution in [0.1, 0.15) is 0 Å². The molecule has 0 fully saturated rings. The van der Waals surface area contributed by atoms with Crippen molar-refractivity contribution >= 4 is 0 Å². The van der Waals surface area contributed by atoms with Crippen LogP contribution >= 0.6 is 0 Å². The summed E-state index contributed by atoms with van der Waals surface area (Å²) in [5.41, 5.74) is 1.50. The van der Waals surface area contributed by atoms with Gasteiger partial charge in [-0.1, -0.05) is 0 Å². The molecule has 0 aromatic heterocycles. The van der Waals surface area contributed by atoms with Gasteiger partial charge in [0.05, 0.1) is 13.2 Å². The summed E-state index contributed by atoms with van der Waals surface area (Å²) < 4.78 is 13.1. The van der Waals surface area contributed by atoms with Gasteiger partial charge in [-0.05, 0) is 0 Å². The second-order valence-electron chi connectivity index (χ2n) is 1.63.